The summed E-state index contributed by atoms with van der Waals surface area (Å²) in [6.45, 7) is 2.93. The summed E-state index contributed by atoms with van der Waals surface area (Å²) in [6, 6.07) is 5.79. The van der Waals surface area contributed by atoms with Crippen LogP contribution in [0.3, 0.4) is 0 Å². The lowest BCUT2D eigenvalue weighted by Gasteiger charge is -2.25. The molecule has 20 heavy (non-hydrogen) atoms. The van der Waals surface area contributed by atoms with Gasteiger partial charge in [0.05, 0.1) is 23.7 Å². The molecular formula is C15H21BrN2O2. The van der Waals surface area contributed by atoms with Crippen LogP contribution in [0.4, 0.5) is 0 Å². The average molecular weight is 341 g/mol. The van der Waals surface area contributed by atoms with E-state index < -0.39 is 0 Å². The smallest absolute Gasteiger partial charge is 0.237 e. The van der Waals surface area contributed by atoms with Crippen LogP contribution < -0.4 is 15.4 Å². The van der Waals surface area contributed by atoms with Crippen LogP contribution in [0.5, 0.6) is 5.75 Å². The van der Waals surface area contributed by atoms with Crippen molar-refractivity contribution in [3.05, 3.63) is 28.2 Å². The minimum Gasteiger partial charge on any atom is -0.496 e. The Morgan fingerprint density at radius 1 is 1.50 bits per heavy atom. The number of halogens is 1. The number of hydrogen-bond acceptors (Lipinski definition) is 3. The van der Waals surface area contributed by atoms with E-state index in [9.17, 15) is 4.79 Å². The molecule has 1 saturated heterocycles. The molecule has 2 rings (SSSR count). The molecule has 0 spiro atoms. The van der Waals surface area contributed by atoms with Crippen LogP contribution in [0.2, 0.25) is 0 Å². The Morgan fingerprint density at radius 2 is 2.30 bits per heavy atom. The molecule has 1 unspecified atom stereocenters. The molecule has 110 valence electrons. The molecule has 1 aromatic carbocycles. The van der Waals surface area contributed by atoms with Gasteiger partial charge < -0.3 is 15.4 Å². The van der Waals surface area contributed by atoms with E-state index >= 15 is 0 Å². The highest BCUT2D eigenvalue weighted by molar-refractivity contribution is 9.10. The highest BCUT2D eigenvalue weighted by Crippen LogP contribution is 2.28. The van der Waals surface area contributed by atoms with Crippen molar-refractivity contribution >= 4 is 21.8 Å². The number of carbonyl (C=O) groups excluding carboxylic acids is 1. The van der Waals surface area contributed by atoms with Gasteiger partial charge >= 0.3 is 0 Å². The van der Waals surface area contributed by atoms with Crippen LogP contribution in [-0.2, 0) is 4.79 Å². The van der Waals surface area contributed by atoms with Crippen LogP contribution in [0, 0.1) is 0 Å². The van der Waals surface area contributed by atoms with E-state index in [1.165, 1.54) is 0 Å². The lowest BCUT2D eigenvalue weighted by molar-refractivity contribution is -0.124. The minimum atomic E-state index is -0.0483. The first-order valence-electron chi connectivity index (χ1n) is 6.99. The molecule has 0 aromatic heterocycles. The molecule has 1 aliphatic heterocycles. The van der Waals surface area contributed by atoms with Gasteiger partial charge in [0.25, 0.3) is 0 Å². The molecule has 2 atom stereocenters. The van der Waals surface area contributed by atoms with Crippen LogP contribution in [0.1, 0.15) is 37.8 Å². The molecule has 1 amide bonds. The molecule has 1 heterocycles. The van der Waals surface area contributed by atoms with E-state index in [0.717, 1.165) is 41.6 Å². The molecule has 0 saturated carbocycles. The first kappa shape index (κ1) is 15.3. The fraction of sp³-hybridized carbons (Fsp3) is 0.533. The van der Waals surface area contributed by atoms with Gasteiger partial charge in [-0.15, -0.1) is 0 Å². The Hall–Kier alpha value is -1.07. The molecule has 1 aromatic rings. The van der Waals surface area contributed by atoms with Gasteiger partial charge in [-0.1, -0.05) is 12.5 Å². The van der Waals surface area contributed by atoms with Crippen molar-refractivity contribution in [1.29, 1.82) is 0 Å². The first-order valence-corrected chi connectivity index (χ1v) is 7.78. The third-order valence-electron chi connectivity index (χ3n) is 3.66. The van der Waals surface area contributed by atoms with Crippen molar-refractivity contribution in [2.75, 3.05) is 13.7 Å². The third kappa shape index (κ3) is 3.73. The molecule has 2 N–H and O–H groups in total. The molecule has 1 fully saturated rings. The van der Waals surface area contributed by atoms with Gasteiger partial charge in [0, 0.05) is 0 Å². The summed E-state index contributed by atoms with van der Waals surface area (Å²) in [6.07, 6.45) is 3.20. The predicted molar refractivity (Wildman–Crippen MR) is 82.9 cm³/mol. The Bertz CT molecular complexity index is 473. The maximum Gasteiger partial charge on any atom is 0.237 e. The molecule has 5 heteroatoms. The Balaban J connectivity index is 1.98. The number of carbonyl (C=O) groups is 1. The van der Waals surface area contributed by atoms with Crippen LogP contribution in [0.25, 0.3) is 0 Å². The van der Waals surface area contributed by atoms with Gasteiger partial charge in [-0.3, -0.25) is 4.79 Å². The number of amides is 1. The molecule has 0 radical (unpaired) electrons. The Labute approximate surface area is 128 Å². The standard InChI is InChI=1S/C15H21BrN2O2/c1-10(11-6-7-14(20-2)12(16)9-11)18-15(19)13-5-3-4-8-17-13/h6-7,9-10,13,17H,3-5,8H2,1-2H3,(H,18,19)/t10?,13-/m1/s1. The number of methoxy groups -OCH3 is 1. The van der Waals surface area contributed by atoms with E-state index in [1.807, 2.05) is 25.1 Å². The van der Waals surface area contributed by atoms with Gasteiger partial charge in [-0.25, -0.2) is 0 Å². The van der Waals surface area contributed by atoms with Gasteiger partial charge in [0.15, 0.2) is 0 Å². The zero-order chi connectivity index (χ0) is 14.5. The SMILES string of the molecule is COc1ccc(C(C)NC(=O)[C@H]2CCCCN2)cc1Br. The fourth-order valence-corrected chi connectivity index (χ4v) is 2.98. The van der Waals surface area contributed by atoms with Crippen LogP contribution >= 0.6 is 15.9 Å². The number of ether oxygens (including phenoxy) is 1. The molecular weight excluding hydrogens is 320 g/mol. The summed E-state index contributed by atoms with van der Waals surface area (Å²) in [4.78, 5) is 12.2. The highest BCUT2D eigenvalue weighted by Gasteiger charge is 2.22. The quantitative estimate of drug-likeness (QED) is 0.885. The zero-order valence-corrected chi connectivity index (χ0v) is 13.5. The largest absolute Gasteiger partial charge is 0.496 e. The maximum absolute atomic E-state index is 12.2. The van der Waals surface area contributed by atoms with Gasteiger partial charge in [0.2, 0.25) is 5.91 Å². The van der Waals surface area contributed by atoms with E-state index in [0.29, 0.717) is 0 Å². The highest BCUT2D eigenvalue weighted by atomic mass is 79.9. The van der Waals surface area contributed by atoms with E-state index in [1.54, 1.807) is 7.11 Å². The fourth-order valence-electron chi connectivity index (χ4n) is 2.42. The van der Waals surface area contributed by atoms with Crippen molar-refractivity contribution in [2.24, 2.45) is 0 Å². The lowest BCUT2D eigenvalue weighted by Crippen LogP contribution is -2.47. The first-order chi connectivity index (χ1) is 9.61. The van der Waals surface area contributed by atoms with Crippen molar-refractivity contribution in [2.45, 2.75) is 38.3 Å². The third-order valence-corrected chi connectivity index (χ3v) is 4.28. The monoisotopic (exact) mass is 340 g/mol. The molecule has 0 aliphatic carbocycles. The van der Waals surface area contributed by atoms with Gasteiger partial charge in [-0.05, 0) is 59.9 Å². The van der Waals surface area contributed by atoms with Gasteiger partial charge in [-0.2, -0.15) is 0 Å². The molecule has 4 nitrogen and oxygen atoms in total. The average Bonchev–Trinajstić information content (AvgIpc) is 2.48. The number of benzene rings is 1. The topological polar surface area (TPSA) is 50.4 Å². The Morgan fingerprint density at radius 3 is 2.90 bits per heavy atom. The van der Waals surface area contributed by atoms with E-state index in [2.05, 4.69) is 26.6 Å². The summed E-state index contributed by atoms with van der Waals surface area (Å²) < 4.78 is 6.11. The Kier molecular flexibility index (Phi) is 5.43. The van der Waals surface area contributed by atoms with Crippen molar-refractivity contribution in [1.82, 2.24) is 10.6 Å². The van der Waals surface area contributed by atoms with E-state index in [4.69, 9.17) is 4.74 Å². The van der Waals surface area contributed by atoms with Gasteiger partial charge in [0.1, 0.15) is 5.75 Å². The number of hydrogen-bond donors (Lipinski definition) is 2. The summed E-state index contributed by atoms with van der Waals surface area (Å²) in [5, 5.41) is 6.33. The summed E-state index contributed by atoms with van der Waals surface area (Å²) >= 11 is 3.47. The normalized spacial score (nSPS) is 20.2. The number of piperidine rings is 1. The van der Waals surface area contributed by atoms with Crippen molar-refractivity contribution in [3.63, 3.8) is 0 Å². The van der Waals surface area contributed by atoms with Crippen molar-refractivity contribution in [3.8, 4) is 5.75 Å². The number of rotatable bonds is 4. The second-order valence-corrected chi connectivity index (χ2v) is 5.98. The summed E-state index contributed by atoms with van der Waals surface area (Å²) in [5.74, 6) is 0.880. The van der Waals surface area contributed by atoms with Crippen molar-refractivity contribution < 1.29 is 9.53 Å². The summed E-state index contributed by atoms with van der Waals surface area (Å²) in [5.41, 5.74) is 1.06. The lowest BCUT2D eigenvalue weighted by atomic mass is 10.0. The molecule has 1 aliphatic rings. The van der Waals surface area contributed by atoms with Crippen LogP contribution in [0.15, 0.2) is 22.7 Å². The van der Waals surface area contributed by atoms with E-state index in [-0.39, 0.29) is 18.0 Å². The molecule has 0 bridgehead atoms. The number of nitrogens with one attached hydrogen (secondary N) is 2. The zero-order valence-electron chi connectivity index (χ0n) is 11.9. The predicted octanol–water partition coefficient (Wildman–Crippen LogP) is 2.78. The van der Waals surface area contributed by atoms with Crippen LogP contribution in [-0.4, -0.2) is 25.6 Å². The second kappa shape index (κ2) is 7.09. The summed E-state index contributed by atoms with van der Waals surface area (Å²) in [7, 11) is 1.64. The maximum atomic E-state index is 12.2. The second-order valence-electron chi connectivity index (χ2n) is 5.13. The minimum absolute atomic E-state index is 0.0200.